The van der Waals surface area contributed by atoms with Gasteiger partial charge in [0.2, 0.25) is 5.91 Å². The fourth-order valence-corrected chi connectivity index (χ4v) is 2.93. The number of carbonyl (C=O) groups excluding carboxylic acids is 1. The van der Waals surface area contributed by atoms with Crippen molar-refractivity contribution < 1.29 is 4.79 Å². The van der Waals surface area contributed by atoms with Crippen LogP contribution in [0.25, 0.3) is 11.2 Å². The smallest absolute Gasteiger partial charge is 0.234 e. The highest BCUT2D eigenvalue weighted by molar-refractivity contribution is 8.00. The summed E-state index contributed by atoms with van der Waals surface area (Å²) in [5.74, 6) is 0.0667. The van der Waals surface area contributed by atoms with Crippen LogP contribution in [0, 0.1) is 6.92 Å². The van der Waals surface area contributed by atoms with E-state index >= 15 is 0 Å². The number of fused-ring (bicyclic) bond motifs is 1. The Morgan fingerprint density at radius 3 is 3.05 bits per heavy atom. The molecule has 0 atom stereocenters. The van der Waals surface area contributed by atoms with Crippen molar-refractivity contribution in [3.63, 3.8) is 0 Å². The number of nitrogens with one attached hydrogen (secondary N) is 2. The number of hydrogen-bond acceptors (Lipinski definition) is 5. The molecule has 1 aromatic carbocycles. The summed E-state index contributed by atoms with van der Waals surface area (Å²) >= 11 is 7.41. The van der Waals surface area contributed by atoms with Gasteiger partial charge in [-0.25, -0.2) is 15.0 Å². The Morgan fingerprint density at radius 2 is 2.23 bits per heavy atom. The fraction of sp³-hybridized carbons (Fsp3) is 0.143. The average Bonchev–Trinajstić information content (AvgIpc) is 2.97. The molecule has 0 saturated heterocycles. The van der Waals surface area contributed by atoms with Gasteiger partial charge in [0.05, 0.1) is 22.8 Å². The molecular weight excluding hydrogens is 322 g/mol. The van der Waals surface area contributed by atoms with Gasteiger partial charge in [-0.15, -0.1) is 0 Å². The average molecular weight is 334 g/mol. The summed E-state index contributed by atoms with van der Waals surface area (Å²) in [7, 11) is 0. The van der Waals surface area contributed by atoms with Crippen LogP contribution < -0.4 is 5.32 Å². The molecule has 8 heteroatoms. The van der Waals surface area contributed by atoms with Crippen molar-refractivity contribution in [2.45, 2.75) is 11.9 Å². The number of thioether (sulfide) groups is 1. The van der Waals surface area contributed by atoms with E-state index in [2.05, 4.69) is 25.3 Å². The molecule has 0 bridgehead atoms. The number of benzene rings is 1. The summed E-state index contributed by atoms with van der Waals surface area (Å²) in [6.45, 7) is 1.94. The van der Waals surface area contributed by atoms with Gasteiger partial charge in [-0.2, -0.15) is 0 Å². The van der Waals surface area contributed by atoms with Gasteiger partial charge in [-0.3, -0.25) is 4.79 Å². The Labute approximate surface area is 135 Å². The maximum absolute atomic E-state index is 12.0. The van der Waals surface area contributed by atoms with E-state index in [0.717, 1.165) is 11.1 Å². The van der Waals surface area contributed by atoms with E-state index < -0.39 is 0 Å². The number of aromatic nitrogens is 4. The maximum atomic E-state index is 12.0. The molecule has 1 amide bonds. The van der Waals surface area contributed by atoms with Crippen LogP contribution in [0.15, 0.2) is 35.9 Å². The second-order valence-corrected chi connectivity index (χ2v) is 5.97. The highest BCUT2D eigenvalue weighted by atomic mass is 35.5. The third-order valence-corrected chi connectivity index (χ3v) is 4.23. The van der Waals surface area contributed by atoms with E-state index in [4.69, 9.17) is 11.6 Å². The summed E-state index contributed by atoms with van der Waals surface area (Å²) in [5.41, 5.74) is 2.96. The Morgan fingerprint density at radius 1 is 1.36 bits per heavy atom. The number of anilines is 1. The first-order valence-corrected chi connectivity index (χ1v) is 7.83. The molecule has 3 rings (SSSR count). The molecule has 0 aliphatic heterocycles. The van der Waals surface area contributed by atoms with E-state index in [1.54, 1.807) is 12.4 Å². The number of H-pyrrole nitrogens is 1. The molecule has 0 aliphatic rings. The van der Waals surface area contributed by atoms with E-state index in [0.29, 0.717) is 21.4 Å². The lowest BCUT2D eigenvalue weighted by Crippen LogP contribution is -2.14. The molecule has 22 heavy (non-hydrogen) atoms. The number of nitrogens with zero attached hydrogens (tertiary/aromatic N) is 3. The highest BCUT2D eigenvalue weighted by Gasteiger charge is 2.10. The van der Waals surface area contributed by atoms with Crippen LogP contribution in [0.4, 0.5) is 5.69 Å². The molecule has 0 unspecified atom stereocenters. The van der Waals surface area contributed by atoms with Crippen molar-refractivity contribution in [2.75, 3.05) is 11.1 Å². The minimum Gasteiger partial charge on any atom is -0.341 e. The van der Waals surface area contributed by atoms with Crippen molar-refractivity contribution in [2.24, 2.45) is 0 Å². The van der Waals surface area contributed by atoms with Gasteiger partial charge in [0.15, 0.2) is 5.65 Å². The number of halogens is 1. The Hall–Kier alpha value is -2.12. The SMILES string of the molecule is Cc1ccc(NC(=O)CSc2ncnc3nc[nH]c23)c(Cl)c1. The molecule has 3 aromatic rings. The van der Waals surface area contributed by atoms with E-state index in [1.807, 2.05) is 19.1 Å². The molecule has 0 spiro atoms. The van der Waals surface area contributed by atoms with Crippen LogP contribution in [0.2, 0.25) is 5.02 Å². The van der Waals surface area contributed by atoms with E-state index in [-0.39, 0.29) is 11.7 Å². The van der Waals surface area contributed by atoms with Crippen molar-refractivity contribution in [1.29, 1.82) is 0 Å². The quantitative estimate of drug-likeness (QED) is 0.566. The van der Waals surface area contributed by atoms with Gasteiger partial charge in [-0.1, -0.05) is 29.4 Å². The zero-order chi connectivity index (χ0) is 15.5. The zero-order valence-electron chi connectivity index (χ0n) is 11.6. The number of carbonyl (C=O) groups is 1. The third-order valence-electron chi connectivity index (χ3n) is 2.93. The van der Waals surface area contributed by atoms with E-state index in [1.165, 1.54) is 18.1 Å². The van der Waals surface area contributed by atoms with Gasteiger partial charge in [-0.05, 0) is 24.6 Å². The normalized spacial score (nSPS) is 10.8. The molecule has 6 nitrogen and oxygen atoms in total. The first kappa shape index (κ1) is 14.8. The van der Waals surface area contributed by atoms with Crippen molar-refractivity contribution in [1.82, 2.24) is 19.9 Å². The molecule has 0 saturated carbocycles. The van der Waals surface area contributed by atoms with Crippen LogP contribution >= 0.6 is 23.4 Å². The third kappa shape index (κ3) is 3.20. The van der Waals surface area contributed by atoms with Crippen molar-refractivity contribution in [3.8, 4) is 0 Å². The molecule has 0 aliphatic carbocycles. The monoisotopic (exact) mass is 333 g/mol. The molecule has 112 valence electrons. The van der Waals surface area contributed by atoms with Crippen molar-refractivity contribution in [3.05, 3.63) is 41.4 Å². The van der Waals surface area contributed by atoms with E-state index in [9.17, 15) is 4.79 Å². The molecule has 2 heterocycles. The van der Waals surface area contributed by atoms with Crippen molar-refractivity contribution >= 4 is 46.1 Å². The largest absolute Gasteiger partial charge is 0.341 e. The lowest BCUT2D eigenvalue weighted by atomic mass is 10.2. The Balaban J connectivity index is 1.66. The number of imidazole rings is 1. The minimum atomic E-state index is -0.151. The van der Waals surface area contributed by atoms with Gasteiger partial charge in [0.1, 0.15) is 16.9 Å². The first-order valence-electron chi connectivity index (χ1n) is 6.46. The fourth-order valence-electron chi connectivity index (χ4n) is 1.89. The topological polar surface area (TPSA) is 83.6 Å². The standard InChI is InChI=1S/C14H12ClN5OS/c1-8-2-3-10(9(15)4-8)20-11(21)5-22-14-12-13(17-6-16-12)18-7-19-14/h2-4,6-7H,5H2,1H3,(H,20,21)(H,16,17,18,19). The molecule has 0 fully saturated rings. The van der Waals surface area contributed by atoms with Crippen LogP contribution in [0.3, 0.4) is 0 Å². The van der Waals surface area contributed by atoms with Crippen LogP contribution in [-0.4, -0.2) is 31.6 Å². The van der Waals surface area contributed by atoms with Gasteiger partial charge in [0, 0.05) is 0 Å². The molecular formula is C14H12ClN5OS. The summed E-state index contributed by atoms with van der Waals surface area (Å²) in [4.78, 5) is 27.3. The van der Waals surface area contributed by atoms with Gasteiger partial charge in [0.25, 0.3) is 0 Å². The maximum Gasteiger partial charge on any atom is 0.234 e. The lowest BCUT2D eigenvalue weighted by Gasteiger charge is -2.07. The number of hydrogen-bond donors (Lipinski definition) is 2. The molecule has 0 radical (unpaired) electrons. The number of amides is 1. The van der Waals surface area contributed by atoms with Gasteiger partial charge < -0.3 is 10.3 Å². The number of rotatable bonds is 4. The summed E-state index contributed by atoms with van der Waals surface area (Å²) < 4.78 is 0. The highest BCUT2D eigenvalue weighted by Crippen LogP contribution is 2.24. The predicted molar refractivity (Wildman–Crippen MR) is 87.2 cm³/mol. The zero-order valence-corrected chi connectivity index (χ0v) is 13.2. The Bertz CT molecular complexity index is 835. The number of aryl methyl sites for hydroxylation is 1. The second-order valence-electron chi connectivity index (χ2n) is 4.60. The molecule has 2 N–H and O–H groups in total. The predicted octanol–water partition coefficient (Wildman–Crippen LogP) is 3.05. The summed E-state index contributed by atoms with van der Waals surface area (Å²) in [6, 6.07) is 5.49. The molecule has 2 aromatic heterocycles. The van der Waals surface area contributed by atoms with Crippen LogP contribution in [0.1, 0.15) is 5.56 Å². The van der Waals surface area contributed by atoms with Gasteiger partial charge >= 0.3 is 0 Å². The summed E-state index contributed by atoms with van der Waals surface area (Å²) in [5, 5.41) is 4.00. The summed E-state index contributed by atoms with van der Waals surface area (Å²) in [6.07, 6.45) is 2.98. The van der Waals surface area contributed by atoms with Crippen LogP contribution in [-0.2, 0) is 4.79 Å². The Kier molecular flexibility index (Phi) is 4.26. The minimum absolute atomic E-state index is 0.151. The van der Waals surface area contributed by atoms with Crippen LogP contribution in [0.5, 0.6) is 0 Å². The lowest BCUT2D eigenvalue weighted by molar-refractivity contribution is -0.113. The second kappa shape index (κ2) is 6.33. The number of aromatic amines is 1. The first-order chi connectivity index (χ1) is 10.6.